The van der Waals surface area contributed by atoms with Crippen molar-refractivity contribution in [3.63, 3.8) is 0 Å². The van der Waals surface area contributed by atoms with Crippen molar-refractivity contribution >= 4 is 5.91 Å². The molecule has 1 aliphatic heterocycles. The number of hydrogen-bond acceptors (Lipinski definition) is 3. The highest BCUT2D eigenvalue weighted by Crippen LogP contribution is 1.99. The summed E-state index contributed by atoms with van der Waals surface area (Å²) in [6.07, 6.45) is 0. The summed E-state index contributed by atoms with van der Waals surface area (Å²) in [4.78, 5) is 10.9. The Kier molecular flexibility index (Phi) is 2.84. The Morgan fingerprint density at radius 3 is 2.82 bits per heavy atom. The number of carbonyl (C=O) groups excluding carboxylic acids is 1. The molecule has 0 aromatic rings. The molecule has 0 aliphatic carbocycles. The largest absolute Gasteiger partial charge is 0.354 e. The summed E-state index contributed by atoms with van der Waals surface area (Å²) in [6.45, 7) is 4.47. The van der Waals surface area contributed by atoms with E-state index in [0.717, 1.165) is 19.6 Å². The molecule has 11 heavy (non-hydrogen) atoms. The lowest BCUT2D eigenvalue weighted by Gasteiger charge is -2.27. The van der Waals surface area contributed by atoms with Crippen LogP contribution in [0.5, 0.6) is 0 Å². The summed E-state index contributed by atoms with van der Waals surface area (Å²) in [7, 11) is 0. The molecule has 0 aromatic heterocycles. The zero-order chi connectivity index (χ0) is 8.27. The fourth-order valence-corrected chi connectivity index (χ4v) is 0.899. The second-order valence-electron chi connectivity index (χ2n) is 3.06. The van der Waals surface area contributed by atoms with Gasteiger partial charge in [-0.15, -0.1) is 0 Å². The average Bonchev–Trinajstić information content (AvgIpc) is 1.83. The van der Waals surface area contributed by atoms with E-state index in [-0.39, 0.29) is 11.9 Å². The van der Waals surface area contributed by atoms with Crippen LogP contribution in [0.1, 0.15) is 6.92 Å². The summed E-state index contributed by atoms with van der Waals surface area (Å²) in [5.74, 6) is 0.551. The van der Waals surface area contributed by atoms with Crippen LogP contribution in [0.2, 0.25) is 0 Å². The maximum absolute atomic E-state index is 10.9. The number of carbonyl (C=O) groups is 1. The molecule has 0 spiro atoms. The number of nitrogens with one attached hydrogen (secondary N) is 2. The van der Waals surface area contributed by atoms with Crippen molar-refractivity contribution in [2.45, 2.75) is 13.0 Å². The van der Waals surface area contributed by atoms with Crippen molar-refractivity contribution in [3.05, 3.63) is 0 Å². The van der Waals surface area contributed by atoms with Gasteiger partial charge in [-0.05, 0) is 6.92 Å². The lowest BCUT2D eigenvalue weighted by molar-refractivity contribution is -0.122. The molecule has 1 atom stereocenters. The van der Waals surface area contributed by atoms with E-state index in [0.29, 0.717) is 5.92 Å². The maximum Gasteiger partial charge on any atom is 0.236 e. The van der Waals surface area contributed by atoms with Crippen molar-refractivity contribution in [3.8, 4) is 0 Å². The summed E-state index contributed by atoms with van der Waals surface area (Å²) in [5, 5.41) is 5.91. The molecular formula is C7H15N3O. The van der Waals surface area contributed by atoms with Crippen molar-refractivity contribution < 1.29 is 4.79 Å². The molecule has 0 unspecified atom stereocenters. The molecule has 0 radical (unpaired) electrons. The molecule has 4 heteroatoms. The first-order chi connectivity index (χ1) is 5.20. The van der Waals surface area contributed by atoms with E-state index < -0.39 is 0 Å². The molecule has 4 N–H and O–H groups in total. The van der Waals surface area contributed by atoms with Gasteiger partial charge in [-0.2, -0.15) is 0 Å². The highest BCUT2D eigenvalue weighted by atomic mass is 16.2. The summed E-state index contributed by atoms with van der Waals surface area (Å²) >= 11 is 0. The van der Waals surface area contributed by atoms with Crippen molar-refractivity contribution in [1.29, 1.82) is 0 Å². The molecule has 0 bridgehead atoms. The van der Waals surface area contributed by atoms with Crippen LogP contribution in [0.3, 0.4) is 0 Å². The van der Waals surface area contributed by atoms with Gasteiger partial charge in [0.1, 0.15) is 0 Å². The molecule has 1 amide bonds. The normalized spacial score (nSPS) is 20.5. The summed E-state index contributed by atoms with van der Waals surface area (Å²) in [6, 6.07) is -0.386. The highest BCUT2D eigenvalue weighted by molar-refractivity contribution is 5.80. The van der Waals surface area contributed by atoms with Crippen molar-refractivity contribution in [2.24, 2.45) is 11.7 Å². The van der Waals surface area contributed by atoms with E-state index in [1.54, 1.807) is 6.92 Å². The topological polar surface area (TPSA) is 67.2 Å². The van der Waals surface area contributed by atoms with E-state index in [9.17, 15) is 4.79 Å². The van der Waals surface area contributed by atoms with Gasteiger partial charge < -0.3 is 16.4 Å². The Labute approximate surface area is 66.5 Å². The van der Waals surface area contributed by atoms with Crippen molar-refractivity contribution in [1.82, 2.24) is 10.6 Å². The molecule has 64 valence electrons. The summed E-state index contributed by atoms with van der Waals surface area (Å²) in [5.41, 5.74) is 5.35. The molecular weight excluding hydrogens is 142 g/mol. The third kappa shape index (κ3) is 2.48. The standard InChI is InChI=1S/C7H15N3O/c1-5(8)7(11)10-4-6-2-9-3-6/h5-6,9H,2-4,8H2,1H3,(H,10,11)/t5-/m0/s1. The predicted molar refractivity (Wildman–Crippen MR) is 43.0 cm³/mol. The molecule has 1 aliphatic rings. The van der Waals surface area contributed by atoms with Gasteiger partial charge in [-0.25, -0.2) is 0 Å². The van der Waals surface area contributed by atoms with Gasteiger partial charge in [0, 0.05) is 25.6 Å². The zero-order valence-corrected chi connectivity index (χ0v) is 6.76. The minimum atomic E-state index is -0.386. The van der Waals surface area contributed by atoms with Gasteiger partial charge in [-0.3, -0.25) is 4.79 Å². The first-order valence-corrected chi connectivity index (χ1v) is 3.94. The van der Waals surface area contributed by atoms with E-state index in [2.05, 4.69) is 10.6 Å². The van der Waals surface area contributed by atoms with Crippen LogP contribution in [-0.4, -0.2) is 31.6 Å². The van der Waals surface area contributed by atoms with E-state index in [1.165, 1.54) is 0 Å². The number of hydrogen-bond donors (Lipinski definition) is 3. The van der Waals surface area contributed by atoms with Gasteiger partial charge >= 0.3 is 0 Å². The zero-order valence-electron chi connectivity index (χ0n) is 6.76. The number of amides is 1. The molecule has 0 aromatic carbocycles. The Bertz CT molecular complexity index is 143. The number of rotatable bonds is 3. The highest BCUT2D eigenvalue weighted by Gasteiger charge is 2.17. The predicted octanol–water partition coefficient (Wildman–Crippen LogP) is -1.33. The van der Waals surface area contributed by atoms with E-state index in [4.69, 9.17) is 5.73 Å². The van der Waals surface area contributed by atoms with Crippen LogP contribution in [0.4, 0.5) is 0 Å². The van der Waals surface area contributed by atoms with Crippen LogP contribution in [-0.2, 0) is 4.79 Å². The number of nitrogens with two attached hydrogens (primary N) is 1. The molecule has 1 saturated heterocycles. The van der Waals surface area contributed by atoms with Crippen LogP contribution in [0, 0.1) is 5.92 Å². The smallest absolute Gasteiger partial charge is 0.236 e. The first kappa shape index (κ1) is 8.49. The SMILES string of the molecule is C[C@H](N)C(=O)NCC1CNC1. The summed E-state index contributed by atoms with van der Waals surface area (Å²) < 4.78 is 0. The van der Waals surface area contributed by atoms with Gasteiger partial charge in [0.05, 0.1) is 6.04 Å². The molecule has 4 nitrogen and oxygen atoms in total. The van der Waals surface area contributed by atoms with Gasteiger partial charge in [0.15, 0.2) is 0 Å². The Morgan fingerprint density at radius 1 is 1.82 bits per heavy atom. The Balaban J connectivity index is 2.06. The second kappa shape index (κ2) is 3.69. The van der Waals surface area contributed by atoms with Gasteiger partial charge in [0.2, 0.25) is 5.91 Å². The third-order valence-electron chi connectivity index (χ3n) is 1.84. The Morgan fingerprint density at radius 2 is 2.45 bits per heavy atom. The van der Waals surface area contributed by atoms with Gasteiger partial charge in [-0.1, -0.05) is 0 Å². The molecule has 1 heterocycles. The fourth-order valence-electron chi connectivity index (χ4n) is 0.899. The minimum absolute atomic E-state index is 0.0584. The molecule has 1 fully saturated rings. The monoisotopic (exact) mass is 157 g/mol. The van der Waals surface area contributed by atoms with Crippen LogP contribution in [0.25, 0.3) is 0 Å². The second-order valence-corrected chi connectivity index (χ2v) is 3.06. The maximum atomic E-state index is 10.9. The lowest BCUT2D eigenvalue weighted by Crippen LogP contribution is -2.50. The van der Waals surface area contributed by atoms with Crippen LogP contribution in [0.15, 0.2) is 0 Å². The molecule has 1 rings (SSSR count). The molecule has 0 saturated carbocycles. The van der Waals surface area contributed by atoms with Crippen LogP contribution >= 0.6 is 0 Å². The first-order valence-electron chi connectivity index (χ1n) is 3.94. The Hall–Kier alpha value is -0.610. The van der Waals surface area contributed by atoms with E-state index >= 15 is 0 Å². The fraction of sp³-hybridized carbons (Fsp3) is 0.857. The minimum Gasteiger partial charge on any atom is -0.354 e. The van der Waals surface area contributed by atoms with Crippen molar-refractivity contribution in [2.75, 3.05) is 19.6 Å². The average molecular weight is 157 g/mol. The van der Waals surface area contributed by atoms with Crippen LogP contribution < -0.4 is 16.4 Å². The third-order valence-corrected chi connectivity index (χ3v) is 1.84. The quantitative estimate of drug-likeness (QED) is 0.475. The lowest BCUT2D eigenvalue weighted by atomic mass is 10.0. The van der Waals surface area contributed by atoms with E-state index in [1.807, 2.05) is 0 Å². The van der Waals surface area contributed by atoms with Gasteiger partial charge in [0.25, 0.3) is 0 Å².